The number of carbonyl (C=O) groups is 1. The van der Waals surface area contributed by atoms with E-state index >= 15 is 0 Å². The number of hydrogen-bond donors (Lipinski definition) is 3. The summed E-state index contributed by atoms with van der Waals surface area (Å²) in [5, 5.41) is 3.27. The number of aryl methyl sites for hydroxylation is 1. The van der Waals surface area contributed by atoms with E-state index in [9.17, 15) is 13.2 Å². The predicted molar refractivity (Wildman–Crippen MR) is 83.0 cm³/mol. The SMILES string of the molecule is Cn1cc(S(=O)(=O)NCCCN2CCNCC2)cc1C(N)=O. The highest BCUT2D eigenvalue weighted by Gasteiger charge is 2.19. The van der Waals surface area contributed by atoms with Gasteiger partial charge in [0.15, 0.2) is 0 Å². The molecule has 4 N–H and O–H groups in total. The van der Waals surface area contributed by atoms with E-state index in [2.05, 4.69) is 14.9 Å². The van der Waals surface area contributed by atoms with Crippen LogP contribution in [0, 0.1) is 0 Å². The Bertz CT molecular complexity index is 620. The fourth-order valence-corrected chi connectivity index (χ4v) is 3.60. The Balaban J connectivity index is 1.85. The zero-order chi connectivity index (χ0) is 16.2. The van der Waals surface area contributed by atoms with E-state index in [1.807, 2.05) is 0 Å². The summed E-state index contributed by atoms with van der Waals surface area (Å²) < 4.78 is 28.3. The molecule has 1 amide bonds. The Labute approximate surface area is 130 Å². The minimum absolute atomic E-state index is 0.0611. The van der Waals surface area contributed by atoms with Gasteiger partial charge in [-0.1, -0.05) is 0 Å². The summed E-state index contributed by atoms with van der Waals surface area (Å²) in [6.45, 7) is 5.18. The summed E-state index contributed by atoms with van der Waals surface area (Å²) in [6, 6.07) is 1.29. The molecule has 0 unspecified atom stereocenters. The van der Waals surface area contributed by atoms with E-state index in [0.29, 0.717) is 6.54 Å². The number of hydrogen-bond acceptors (Lipinski definition) is 5. The number of aromatic nitrogens is 1. The molecule has 2 heterocycles. The van der Waals surface area contributed by atoms with Gasteiger partial charge < -0.3 is 20.5 Å². The molecule has 124 valence electrons. The van der Waals surface area contributed by atoms with Gasteiger partial charge in [0.2, 0.25) is 10.0 Å². The molecule has 1 saturated heterocycles. The van der Waals surface area contributed by atoms with E-state index in [1.165, 1.54) is 16.8 Å². The standard InChI is InChI=1S/C13H23N5O3S/c1-17-10-11(9-12(17)13(14)19)22(20,21)16-3-2-6-18-7-4-15-5-8-18/h9-10,15-16H,2-8H2,1H3,(H2,14,19). The van der Waals surface area contributed by atoms with E-state index in [4.69, 9.17) is 5.73 Å². The lowest BCUT2D eigenvalue weighted by Crippen LogP contribution is -2.44. The van der Waals surface area contributed by atoms with Crippen LogP contribution in [0.4, 0.5) is 0 Å². The summed E-state index contributed by atoms with van der Waals surface area (Å²) in [6.07, 6.45) is 2.13. The number of carbonyl (C=O) groups excluding carboxylic acids is 1. The van der Waals surface area contributed by atoms with Crippen LogP contribution in [0.2, 0.25) is 0 Å². The van der Waals surface area contributed by atoms with Crippen molar-refractivity contribution < 1.29 is 13.2 Å². The second-order valence-corrected chi connectivity index (χ2v) is 7.15. The van der Waals surface area contributed by atoms with Crippen LogP contribution in [0.15, 0.2) is 17.2 Å². The van der Waals surface area contributed by atoms with Gasteiger partial charge in [0, 0.05) is 46.0 Å². The Hall–Kier alpha value is -1.42. The van der Waals surface area contributed by atoms with Gasteiger partial charge in [0.1, 0.15) is 10.6 Å². The summed E-state index contributed by atoms with van der Waals surface area (Å²) in [7, 11) is -2.02. The molecule has 9 heteroatoms. The first kappa shape index (κ1) is 16.9. The number of primary amides is 1. The van der Waals surface area contributed by atoms with Crippen LogP contribution in [0.25, 0.3) is 0 Å². The lowest BCUT2D eigenvalue weighted by Gasteiger charge is -2.26. The van der Waals surface area contributed by atoms with Gasteiger partial charge in [-0.15, -0.1) is 0 Å². The largest absolute Gasteiger partial charge is 0.364 e. The molecule has 0 spiro atoms. The van der Waals surface area contributed by atoms with Gasteiger partial charge >= 0.3 is 0 Å². The highest BCUT2D eigenvalue weighted by molar-refractivity contribution is 7.89. The molecule has 1 fully saturated rings. The van der Waals surface area contributed by atoms with Crippen molar-refractivity contribution in [3.05, 3.63) is 18.0 Å². The molecular formula is C13H23N5O3S. The van der Waals surface area contributed by atoms with Crippen LogP contribution in [0.3, 0.4) is 0 Å². The van der Waals surface area contributed by atoms with E-state index in [-0.39, 0.29) is 10.6 Å². The second kappa shape index (κ2) is 7.23. The van der Waals surface area contributed by atoms with Crippen molar-refractivity contribution in [2.75, 3.05) is 39.3 Å². The maximum Gasteiger partial charge on any atom is 0.265 e. The van der Waals surface area contributed by atoms with Crippen LogP contribution < -0.4 is 15.8 Å². The first-order valence-electron chi connectivity index (χ1n) is 7.29. The van der Waals surface area contributed by atoms with E-state index < -0.39 is 15.9 Å². The average Bonchev–Trinajstić information content (AvgIpc) is 2.88. The zero-order valence-corrected chi connectivity index (χ0v) is 13.5. The molecule has 1 aliphatic heterocycles. The fourth-order valence-electron chi connectivity index (χ4n) is 2.45. The number of nitrogens with zero attached hydrogens (tertiary/aromatic N) is 2. The van der Waals surface area contributed by atoms with Crippen molar-refractivity contribution in [2.24, 2.45) is 12.8 Å². The number of rotatable bonds is 7. The van der Waals surface area contributed by atoms with Crippen molar-refractivity contribution in [3.63, 3.8) is 0 Å². The average molecular weight is 329 g/mol. The van der Waals surface area contributed by atoms with Crippen LogP contribution in [-0.4, -0.2) is 63.1 Å². The maximum absolute atomic E-state index is 12.2. The third-order valence-corrected chi connectivity index (χ3v) is 5.12. The minimum atomic E-state index is -3.61. The van der Waals surface area contributed by atoms with Gasteiger partial charge in [0.25, 0.3) is 5.91 Å². The van der Waals surface area contributed by atoms with Crippen LogP contribution in [0.1, 0.15) is 16.9 Å². The Kier molecular flexibility index (Phi) is 5.57. The Morgan fingerprint density at radius 3 is 2.68 bits per heavy atom. The Morgan fingerprint density at radius 2 is 2.09 bits per heavy atom. The van der Waals surface area contributed by atoms with Crippen LogP contribution in [0.5, 0.6) is 0 Å². The summed E-state index contributed by atoms with van der Waals surface area (Å²) in [4.78, 5) is 13.5. The monoisotopic (exact) mass is 329 g/mol. The zero-order valence-electron chi connectivity index (χ0n) is 12.7. The fraction of sp³-hybridized carbons (Fsp3) is 0.615. The van der Waals surface area contributed by atoms with Crippen molar-refractivity contribution in [1.82, 2.24) is 19.5 Å². The number of piperazine rings is 1. The number of amides is 1. The molecular weight excluding hydrogens is 306 g/mol. The molecule has 1 aliphatic rings. The molecule has 1 aromatic rings. The number of sulfonamides is 1. The first-order valence-corrected chi connectivity index (χ1v) is 8.77. The molecule has 8 nitrogen and oxygen atoms in total. The van der Waals surface area contributed by atoms with E-state index in [1.54, 1.807) is 7.05 Å². The molecule has 1 aromatic heterocycles. The van der Waals surface area contributed by atoms with Gasteiger partial charge in [-0.25, -0.2) is 13.1 Å². The number of nitrogens with one attached hydrogen (secondary N) is 2. The summed E-state index contributed by atoms with van der Waals surface area (Å²) >= 11 is 0. The molecule has 2 rings (SSSR count). The predicted octanol–water partition coefficient (Wildman–Crippen LogP) is -1.30. The highest BCUT2D eigenvalue weighted by atomic mass is 32.2. The molecule has 22 heavy (non-hydrogen) atoms. The summed E-state index contributed by atoms with van der Waals surface area (Å²) in [5.74, 6) is -0.650. The van der Waals surface area contributed by atoms with E-state index in [0.717, 1.165) is 39.1 Å². The normalized spacial score (nSPS) is 16.8. The van der Waals surface area contributed by atoms with Crippen LogP contribution >= 0.6 is 0 Å². The quantitative estimate of drug-likeness (QED) is 0.539. The van der Waals surface area contributed by atoms with Crippen molar-refractivity contribution in [1.29, 1.82) is 0 Å². The number of nitrogens with two attached hydrogens (primary N) is 1. The van der Waals surface area contributed by atoms with Crippen molar-refractivity contribution >= 4 is 15.9 Å². The minimum Gasteiger partial charge on any atom is -0.364 e. The molecule has 0 aliphatic carbocycles. The molecule has 0 aromatic carbocycles. The lowest BCUT2D eigenvalue weighted by atomic mass is 10.3. The summed E-state index contributed by atoms with van der Waals surface area (Å²) in [5.41, 5.74) is 5.36. The lowest BCUT2D eigenvalue weighted by molar-refractivity contribution is 0.0992. The topological polar surface area (TPSA) is 109 Å². The maximum atomic E-state index is 12.2. The highest BCUT2D eigenvalue weighted by Crippen LogP contribution is 2.12. The Morgan fingerprint density at radius 1 is 1.41 bits per heavy atom. The first-order chi connectivity index (χ1) is 10.4. The van der Waals surface area contributed by atoms with Gasteiger partial charge in [0.05, 0.1) is 0 Å². The second-order valence-electron chi connectivity index (χ2n) is 5.38. The molecule has 0 saturated carbocycles. The third-order valence-electron chi connectivity index (χ3n) is 3.70. The molecule has 0 bridgehead atoms. The third kappa shape index (κ3) is 4.29. The van der Waals surface area contributed by atoms with Crippen molar-refractivity contribution in [2.45, 2.75) is 11.3 Å². The van der Waals surface area contributed by atoms with Gasteiger partial charge in [-0.05, 0) is 19.0 Å². The van der Waals surface area contributed by atoms with Crippen LogP contribution in [-0.2, 0) is 17.1 Å². The molecule has 0 atom stereocenters. The van der Waals surface area contributed by atoms with Crippen molar-refractivity contribution in [3.8, 4) is 0 Å². The smallest absolute Gasteiger partial charge is 0.265 e. The molecule has 0 radical (unpaired) electrons. The van der Waals surface area contributed by atoms with Gasteiger partial charge in [-0.2, -0.15) is 0 Å². The van der Waals surface area contributed by atoms with Gasteiger partial charge in [-0.3, -0.25) is 4.79 Å².